The van der Waals surface area contributed by atoms with Gasteiger partial charge in [-0.05, 0) is 58.3 Å². The Morgan fingerprint density at radius 3 is 1.00 bits per heavy atom. The molecule has 0 saturated carbocycles. The zero-order valence-electron chi connectivity index (χ0n) is 16.2. The Morgan fingerprint density at radius 2 is 0.846 bits per heavy atom. The van der Waals surface area contributed by atoms with Crippen LogP contribution in [-0.2, 0) is 32.5 Å². The van der Waals surface area contributed by atoms with Crippen molar-refractivity contribution in [3.63, 3.8) is 0 Å². The number of rotatable bonds is 12. The summed E-state index contributed by atoms with van der Waals surface area (Å²) in [4.78, 5) is 35.9. The average molecular weight is 386 g/mol. The molecule has 0 aromatic carbocycles. The van der Waals surface area contributed by atoms with Crippen molar-refractivity contribution in [1.29, 1.82) is 0 Å². The van der Waals surface area contributed by atoms with Crippen LogP contribution < -0.4 is 0 Å². The molecule has 0 aromatic heterocycles. The third kappa shape index (κ3) is 7.30. The Labute approximate surface area is 154 Å². The third-order valence-corrected chi connectivity index (χ3v) is 4.95. The van der Waals surface area contributed by atoms with Gasteiger partial charge in [-0.15, -0.1) is 0 Å². The van der Waals surface area contributed by atoms with E-state index in [0.717, 1.165) is 0 Å². The Kier molecular flexibility index (Phi) is 9.25. The summed E-state index contributed by atoms with van der Waals surface area (Å²) in [5.74, 6) is -1.56. The molecule has 0 bridgehead atoms. The second-order valence-electron chi connectivity index (χ2n) is 6.12. The molecule has 3 unspecified atom stereocenters. The minimum atomic E-state index is -4.45. The van der Waals surface area contributed by atoms with E-state index in [-0.39, 0.29) is 16.7 Å². The highest BCUT2D eigenvalue weighted by atomic mass is 31.2. The smallest absolute Gasteiger partial charge is 0.292 e. The molecule has 146 valence electrons. The molecule has 0 aromatic rings. The largest absolute Gasteiger partial charge is 0.476 e. The predicted molar refractivity (Wildman–Crippen MR) is 98.7 cm³/mol. The molecule has 0 aliphatic heterocycles. The molecule has 0 saturated heterocycles. The van der Waals surface area contributed by atoms with Crippen molar-refractivity contribution in [2.24, 2.45) is 0 Å². The fourth-order valence-corrected chi connectivity index (χ4v) is 3.44. The number of ketones is 3. The molecule has 8 heteroatoms. The maximum atomic E-state index is 13.0. The van der Waals surface area contributed by atoms with E-state index < -0.39 is 43.5 Å². The number of hydrogen-bond acceptors (Lipinski definition) is 7. The van der Waals surface area contributed by atoms with Crippen molar-refractivity contribution in [1.82, 2.24) is 0 Å². The van der Waals surface area contributed by atoms with Crippen LogP contribution in [0.1, 0.15) is 41.5 Å². The summed E-state index contributed by atoms with van der Waals surface area (Å²) in [5, 5.41) is 0. The first-order valence-corrected chi connectivity index (χ1v) is 9.42. The second kappa shape index (κ2) is 9.88. The zero-order chi connectivity index (χ0) is 20.8. The van der Waals surface area contributed by atoms with Gasteiger partial charge in [0.15, 0.2) is 17.3 Å². The lowest BCUT2D eigenvalue weighted by atomic mass is 10.1. The van der Waals surface area contributed by atoms with Crippen LogP contribution in [0.5, 0.6) is 0 Å². The van der Waals surface area contributed by atoms with Crippen LogP contribution in [0.4, 0.5) is 0 Å². The van der Waals surface area contributed by atoms with E-state index in [1.807, 2.05) is 0 Å². The number of carbonyl (C=O) groups is 3. The highest BCUT2D eigenvalue weighted by Crippen LogP contribution is 2.53. The summed E-state index contributed by atoms with van der Waals surface area (Å²) in [5.41, 5.74) is 0.545. The molecule has 26 heavy (non-hydrogen) atoms. The molecular formula is C18H27O7P. The zero-order valence-corrected chi connectivity index (χ0v) is 17.1. The van der Waals surface area contributed by atoms with E-state index in [0.29, 0.717) is 0 Å². The third-order valence-electron chi connectivity index (χ3n) is 3.23. The number of carbonyl (C=O) groups excluding carboxylic acids is 3. The van der Waals surface area contributed by atoms with Gasteiger partial charge in [-0.2, -0.15) is 0 Å². The van der Waals surface area contributed by atoms with Gasteiger partial charge < -0.3 is 0 Å². The Morgan fingerprint density at radius 1 is 0.654 bits per heavy atom. The number of hydrogen-bond donors (Lipinski definition) is 0. The van der Waals surface area contributed by atoms with E-state index in [1.54, 1.807) is 0 Å². The summed E-state index contributed by atoms with van der Waals surface area (Å²) in [6.07, 6.45) is -3.63. The van der Waals surface area contributed by atoms with Crippen LogP contribution in [0.15, 0.2) is 36.5 Å². The predicted octanol–water partition coefficient (Wildman–Crippen LogP) is 3.75. The van der Waals surface area contributed by atoms with E-state index in [2.05, 4.69) is 19.7 Å². The van der Waals surface area contributed by atoms with Crippen LogP contribution in [0.25, 0.3) is 0 Å². The maximum absolute atomic E-state index is 13.0. The highest BCUT2D eigenvalue weighted by molar-refractivity contribution is 7.48. The van der Waals surface area contributed by atoms with Crippen molar-refractivity contribution < 1.29 is 32.5 Å². The quantitative estimate of drug-likeness (QED) is 0.372. The van der Waals surface area contributed by atoms with Gasteiger partial charge in [-0.1, -0.05) is 19.7 Å². The van der Waals surface area contributed by atoms with E-state index in [1.165, 1.54) is 41.5 Å². The van der Waals surface area contributed by atoms with E-state index >= 15 is 0 Å². The van der Waals surface area contributed by atoms with Gasteiger partial charge in [0.2, 0.25) is 0 Å². The minimum absolute atomic E-state index is 0.182. The van der Waals surface area contributed by atoms with E-state index in [9.17, 15) is 18.9 Å². The molecule has 0 heterocycles. The van der Waals surface area contributed by atoms with Crippen LogP contribution >= 0.6 is 7.82 Å². The maximum Gasteiger partial charge on any atom is 0.476 e. The molecular weight excluding hydrogens is 359 g/mol. The van der Waals surface area contributed by atoms with Crippen LogP contribution in [0, 0.1) is 0 Å². The van der Waals surface area contributed by atoms with Crippen molar-refractivity contribution in [2.75, 3.05) is 0 Å². The number of Topliss-reactive ketones (excluding diaryl/α,β-unsaturated/α-hetero) is 3. The first-order chi connectivity index (χ1) is 11.7. The van der Waals surface area contributed by atoms with Gasteiger partial charge in [-0.25, -0.2) is 4.57 Å². The van der Waals surface area contributed by atoms with Gasteiger partial charge >= 0.3 is 7.82 Å². The fourth-order valence-electron chi connectivity index (χ4n) is 1.84. The van der Waals surface area contributed by atoms with Gasteiger partial charge in [0, 0.05) is 0 Å². The molecule has 3 atom stereocenters. The molecule has 0 radical (unpaired) electrons. The Hall–Kier alpha value is -1.66. The summed E-state index contributed by atoms with van der Waals surface area (Å²) in [6, 6.07) is 0. The average Bonchev–Trinajstić information content (AvgIpc) is 2.51. The summed E-state index contributed by atoms with van der Waals surface area (Å²) in [6.45, 7) is 18.9. The lowest BCUT2D eigenvalue weighted by molar-refractivity contribution is -0.126. The molecule has 0 amide bonds. The normalized spacial score (nSPS) is 16.7. The lowest BCUT2D eigenvalue weighted by Gasteiger charge is -2.25. The first-order valence-electron chi connectivity index (χ1n) is 7.96. The van der Waals surface area contributed by atoms with Crippen molar-refractivity contribution >= 4 is 25.2 Å². The second-order valence-corrected chi connectivity index (χ2v) is 7.65. The van der Waals surface area contributed by atoms with Gasteiger partial charge in [0.25, 0.3) is 0 Å². The van der Waals surface area contributed by atoms with Gasteiger partial charge in [-0.3, -0.25) is 28.0 Å². The standard InChI is InChI=1S/C18H27O7P/c1-10(2)16(19)13(7)23-26(22,24-14(8)17(20)11(3)4)25-15(9)18(21)12(5)6/h13-15H,1,3,5H2,2,4,6-9H3. The Balaban J connectivity index is 5.60. The molecule has 0 spiro atoms. The Bertz CT molecular complexity index is 587. The van der Waals surface area contributed by atoms with Crippen LogP contribution in [0.2, 0.25) is 0 Å². The van der Waals surface area contributed by atoms with Gasteiger partial charge in [0.1, 0.15) is 18.3 Å². The molecule has 0 N–H and O–H groups in total. The van der Waals surface area contributed by atoms with Crippen molar-refractivity contribution in [3.05, 3.63) is 36.5 Å². The van der Waals surface area contributed by atoms with Gasteiger partial charge in [0.05, 0.1) is 0 Å². The molecule has 0 aliphatic carbocycles. The summed E-state index contributed by atoms with van der Waals surface area (Å²) < 4.78 is 28.6. The summed E-state index contributed by atoms with van der Waals surface area (Å²) in [7, 11) is -4.45. The minimum Gasteiger partial charge on any atom is -0.292 e. The summed E-state index contributed by atoms with van der Waals surface area (Å²) >= 11 is 0. The topological polar surface area (TPSA) is 96.0 Å². The molecule has 0 rings (SSSR count). The number of phosphoric ester groups is 1. The molecule has 0 fully saturated rings. The lowest BCUT2D eigenvalue weighted by Crippen LogP contribution is -2.28. The van der Waals surface area contributed by atoms with Crippen molar-refractivity contribution in [3.8, 4) is 0 Å². The van der Waals surface area contributed by atoms with Crippen LogP contribution in [0.3, 0.4) is 0 Å². The number of phosphoric acid groups is 1. The van der Waals surface area contributed by atoms with Crippen LogP contribution in [-0.4, -0.2) is 35.7 Å². The highest BCUT2D eigenvalue weighted by Gasteiger charge is 2.38. The molecule has 0 aliphatic rings. The monoisotopic (exact) mass is 386 g/mol. The fraction of sp³-hybridized carbons (Fsp3) is 0.500. The van der Waals surface area contributed by atoms with Crippen molar-refractivity contribution in [2.45, 2.75) is 59.9 Å². The SMILES string of the molecule is C=C(C)C(=O)C(C)OP(=O)(OC(C)C(=O)C(=C)C)OC(C)C(=O)C(=C)C. The van der Waals surface area contributed by atoms with E-state index in [4.69, 9.17) is 13.6 Å². The molecule has 7 nitrogen and oxygen atoms in total. The first kappa shape index (κ1) is 24.3.